The highest BCUT2D eigenvalue weighted by molar-refractivity contribution is 6.52. The Morgan fingerprint density at radius 3 is 2.20 bits per heavy atom. The van der Waals surface area contributed by atoms with Crippen molar-refractivity contribution in [3.8, 4) is 0 Å². The molecule has 0 bridgehead atoms. The van der Waals surface area contributed by atoms with Crippen LogP contribution in [-0.4, -0.2) is 22.9 Å². The molecule has 54 valence electrons. The molecular weight excluding hydrogens is 131 g/mol. The Morgan fingerprint density at radius 2 is 2.00 bits per heavy atom. The second kappa shape index (κ2) is 2.56. The maximum absolute atomic E-state index is 10.8. The smallest absolute Gasteiger partial charge is 0.423 e. The molecule has 0 aromatic rings. The maximum atomic E-state index is 10.8. The first-order valence-electron chi connectivity index (χ1n) is 3.22. The lowest BCUT2D eigenvalue weighted by molar-refractivity contribution is -0.114. The number of ketones is 1. The van der Waals surface area contributed by atoms with Crippen molar-refractivity contribution in [2.24, 2.45) is 0 Å². The fraction of sp³-hybridized carbons (Fsp3) is 0.500. The van der Waals surface area contributed by atoms with Gasteiger partial charge in [0.1, 0.15) is 0 Å². The molecular formula is C6H9BO3. The van der Waals surface area contributed by atoms with Gasteiger partial charge in [0.25, 0.3) is 0 Å². The van der Waals surface area contributed by atoms with E-state index in [1.165, 1.54) is 0 Å². The molecule has 0 fully saturated rings. The number of hydrogen-bond acceptors (Lipinski definition) is 3. The Bertz CT molecular complexity index is 195. The van der Waals surface area contributed by atoms with Crippen molar-refractivity contribution in [3.05, 3.63) is 11.0 Å². The lowest BCUT2D eigenvalue weighted by Crippen LogP contribution is -2.14. The van der Waals surface area contributed by atoms with Crippen LogP contribution in [0.5, 0.6) is 0 Å². The molecule has 0 amide bonds. The monoisotopic (exact) mass is 140 g/mol. The van der Waals surface area contributed by atoms with Crippen LogP contribution in [0.2, 0.25) is 0 Å². The molecule has 1 aliphatic carbocycles. The number of allylic oxidation sites excluding steroid dienone is 2. The van der Waals surface area contributed by atoms with Gasteiger partial charge in [-0.15, -0.1) is 0 Å². The van der Waals surface area contributed by atoms with E-state index in [0.717, 1.165) is 0 Å². The average molecular weight is 140 g/mol. The van der Waals surface area contributed by atoms with E-state index in [1.54, 1.807) is 6.92 Å². The first kappa shape index (κ1) is 7.50. The summed E-state index contributed by atoms with van der Waals surface area (Å²) < 4.78 is 0. The van der Waals surface area contributed by atoms with Gasteiger partial charge in [0.2, 0.25) is 0 Å². The quantitative estimate of drug-likeness (QED) is 0.490. The van der Waals surface area contributed by atoms with Gasteiger partial charge in [-0.3, -0.25) is 4.79 Å². The second-order valence-corrected chi connectivity index (χ2v) is 2.45. The van der Waals surface area contributed by atoms with Crippen LogP contribution in [0.3, 0.4) is 0 Å². The molecule has 0 unspecified atom stereocenters. The topological polar surface area (TPSA) is 57.5 Å². The summed E-state index contributed by atoms with van der Waals surface area (Å²) in [6, 6.07) is 0. The van der Waals surface area contributed by atoms with Gasteiger partial charge in [0.15, 0.2) is 5.78 Å². The van der Waals surface area contributed by atoms with Crippen LogP contribution >= 0.6 is 0 Å². The van der Waals surface area contributed by atoms with Crippen molar-refractivity contribution in [2.75, 3.05) is 0 Å². The Morgan fingerprint density at radius 1 is 1.40 bits per heavy atom. The summed E-state index contributed by atoms with van der Waals surface area (Å²) in [5.41, 5.74) is 1.00. The lowest BCUT2D eigenvalue weighted by atomic mass is 9.77. The summed E-state index contributed by atoms with van der Waals surface area (Å²) in [5.74, 6) is 0.0306. The summed E-state index contributed by atoms with van der Waals surface area (Å²) in [6.07, 6.45) is 0.932. The van der Waals surface area contributed by atoms with Gasteiger partial charge in [0, 0.05) is 6.42 Å². The van der Waals surface area contributed by atoms with Crippen molar-refractivity contribution >= 4 is 12.9 Å². The minimum atomic E-state index is -1.44. The molecule has 1 rings (SSSR count). The van der Waals surface area contributed by atoms with Gasteiger partial charge in [-0.05, 0) is 24.4 Å². The predicted molar refractivity (Wildman–Crippen MR) is 37.1 cm³/mol. The van der Waals surface area contributed by atoms with Crippen LogP contribution in [0.15, 0.2) is 11.0 Å². The van der Waals surface area contributed by atoms with Gasteiger partial charge in [-0.2, -0.15) is 0 Å². The molecule has 0 aromatic carbocycles. The van der Waals surface area contributed by atoms with Crippen LogP contribution in [-0.2, 0) is 4.79 Å². The van der Waals surface area contributed by atoms with E-state index in [-0.39, 0.29) is 5.78 Å². The molecule has 10 heavy (non-hydrogen) atoms. The third-order valence-electron chi connectivity index (χ3n) is 1.83. The van der Waals surface area contributed by atoms with Crippen LogP contribution < -0.4 is 0 Å². The Balaban J connectivity index is 2.85. The van der Waals surface area contributed by atoms with Crippen LogP contribution in [0.4, 0.5) is 0 Å². The molecule has 0 saturated carbocycles. The maximum Gasteiger partial charge on any atom is 0.484 e. The molecule has 4 heteroatoms. The molecule has 0 saturated heterocycles. The minimum Gasteiger partial charge on any atom is -0.423 e. The zero-order valence-corrected chi connectivity index (χ0v) is 5.79. The fourth-order valence-electron chi connectivity index (χ4n) is 1.13. The summed E-state index contributed by atoms with van der Waals surface area (Å²) >= 11 is 0. The normalized spacial score (nSPS) is 18.5. The SMILES string of the molecule is CC1=C(B(O)O)CCC1=O. The highest BCUT2D eigenvalue weighted by atomic mass is 16.4. The van der Waals surface area contributed by atoms with Gasteiger partial charge >= 0.3 is 7.12 Å². The van der Waals surface area contributed by atoms with Crippen LogP contribution in [0.1, 0.15) is 19.8 Å². The van der Waals surface area contributed by atoms with E-state index in [9.17, 15) is 4.79 Å². The molecule has 0 aromatic heterocycles. The van der Waals surface area contributed by atoms with Crippen molar-refractivity contribution in [3.63, 3.8) is 0 Å². The second-order valence-electron chi connectivity index (χ2n) is 2.45. The molecule has 0 heterocycles. The summed E-state index contributed by atoms with van der Waals surface area (Å²) in [6.45, 7) is 1.63. The zero-order chi connectivity index (χ0) is 7.72. The predicted octanol–water partition coefficient (Wildman–Crippen LogP) is -0.322. The van der Waals surface area contributed by atoms with E-state index < -0.39 is 7.12 Å². The van der Waals surface area contributed by atoms with Gasteiger partial charge in [-0.1, -0.05) is 0 Å². The van der Waals surface area contributed by atoms with Gasteiger partial charge in [-0.25, -0.2) is 0 Å². The highest BCUT2D eigenvalue weighted by Gasteiger charge is 2.26. The fourth-order valence-corrected chi connectivity index (χ4v) is 1.13. The summed E-state index contributed by atoms with van der Waals surface area (Å²) in [5, 5.41) is 17.4. The molecule has 1 aliphatic rings. The first-order chi connectivity index (χ1) is 4.63. The van der Waals surface area contributed by atoms with E-state index in [1.807, 2.05) is 0 Å². The van der Waals surface area contributed by atoms with E-state index in [4.69, 9.17) is 10.0 Å². The molecule has 3 nitrogen and oxygen atoms in total. The number of Topliss-reactive ketones (excluding diaryl/α,β-unsaturated/α-hetero) is 1. The number of hydrogen-bond donors (Lipinski definition) is 2. The number of carbonyl (C=O) groups is 1. The summed E-state index contributed by atoms with van der Waals surface area (Å²) in [4.78, 5) is 10.8. The third-order valence-corrected chi connectivity index (χ3v) is 1.83. The first-order valence-corrected chi connectivity index (χ1v) is 3.22. The highest BCUT2D eigenvalue weighted by Crippen LogP contribution is 2.22. The Labute approximate surface area is 59.5 Å². The Kier molecular flexibility index (Phi) is 1.92. The van der Waals surface area contributed by atoms with E-state index in [0.29, 0.717) is 23.9 Å². The number of carbonyl (C=O) groups excluding carboxylic acids is 1. The minimum absolute atomic E-state index is 0.0306. The molecule has 0 spiro atoms. The standard InChI is InChI=1S/C6H9BO3/c1-4-5(7(9)10)2-3-6(4)8/h9-10H,2-3H2,1H3. The average Bonchev–Trinajstić information content (AvgIpc) is 2.14. The van der Waals surface area contributed by atoms with E-state index >= 15 is 0 Å². The van der Waals surface area contributed by atoms with Crippen molar-refractivity contribution < 1.29 is 14.8 Å². The van der Waals surface area contributed by atoms with Gasteiger partial charge in [0.05, 0.1) is 0 Å². The summed E-state index contributed by atoms with van der Waals surface area (Å²) in [7, 11) is -1.44. The van der Waals surface area contributed by atoms with Crippen LogP contribution in [0.25, 0.3) is 0 Å². The number of rotatable bonds is 1. The molecule has 0 aliphatic heterocycles. The zero-order valence-electron chi connectivity index (χ0n) is 5.79. The van der Waals surface area contributed by atoms with Crippen LogP contribution in [0, 0.1) is 0 Å². The molecule has 2 N–H and O–H groups in total. The molecule has 0 radical (unpaired) electrons. The van der Waals surface area contributed by atoms with Crippen molar-refractivity contribution in [1.82, 2.24) is 0 Å². The molecule has 0 atom stereocenters. The lowest BCUT2D eigenvalue weighted by Gasteiger charge is -1.97. The van der Waals surface area contributed by atoms with Gasteiger partial charge < -0.3 is 10.0 Å². The van der Waals surface area contributed by atoms with Crippen molar-refractivity contribution in [1.29, 1.82) is 0 Å². The Hall–Kier alpha value is -0.605. The van der Waals surface area contributed by atoms with E-state index in [2.05, 4.69) is 0 Å². The van der Waals surface area contributed by atoms with Crippen molar-refractivity contribution in [2.45, 2.75) is 19.8 Å². The third kappa shape index (κ3) is 1.13. The largest absolute Gasteiger partial charge is 0.484 e.